The number of carbonyl (C=O) groups excluding carboxylic acids is 2. The fraction of sp³-hybridized carbons (Fsp3) is 0.324. The molecule has 1 saturated carbocycles. The topological polar surface area (TPSA) is 128 Å². The number of hydrogen-bond acceptors (Lipinski definition) is 8. The minimum absolute atomic E-state index is 0.00926. The number of methoxy groups -OCH3 is 1. The first-order valence-corrected chi connectivity index (χ1v) is 15.9. The van der Waals surface area contributed by atoms with Crippen LogP contribution in [0.2, 0.25) is 0 Å². The first kappa shape index (κ1) is 34.2. The van der Waals surface area contributed by atoms with Crippen LogP contribution in [0.15, 0.2) is 79.5 Å². The van der Waals surface area contributed by atoms with Crippen molar-refractivity contribution >= 4 is 40.0 Å². The van der Waals surface area contributed by atoms with Crippen LogP contribution < -0.4 is 21.1 Å². The molecule has 4 N–H and O–H groups in total. The van der Waals surface area contributed by atoms with Crippen LogP contribution in [0.25, 0.3) is 10.8 Å². The zero-order valence-electron chi connectivity index (χ0n) is 27.6. The Bertz CT molecular complexity index is 1790. The minimum Gasteiger partial charge on any atom is -0.490 e. The molecule has 5 rings (SSSR count). The molecule has 3 aromatic carbocycles. The van der Waals surface area contributed by atoms with Gasteiger partial charge in [-0.2, -0.15) is 0 Å². The van der Waals surface area contributed by atoms with E-state index in [4.69, 9.17) is 19.9 Å². The lowest BCUT2D eigenvalue weighted by Gasteiger charge is -2.25. The molecule has 0 aliphatic heterocycles. The largest absolute Gasteiger partial charge is 0.490 e. The molecular weight excluding hydrogens is 613 g/mol. The summed E-state index contributed by atoms with van der Waals surface area (Å²) in [6.07, 6.45) is 4.82. The molecule has 1 atom stereocenters. The molecule has 1 aliphatic rings. The molecule has 11 heteroatoms. The van der Waals surface area contributed by atoms with Gasteiger partial charge in [0.15, 0.2) is 11.6 Å². The molecule has 0 saturated heterocycles. The predicted octanol–water partition coefficient (Wildman–Crippen LogP) is 6.59. The molecule has 1 aliphatic carbocycles. The number of aryl methyl sites for hydroxylation is 1. The van der Waals surface area contributed by atoms with Crippen LogP contribution in [0.4, 0.5) is 26.4 Å². The molecule has 1 aromatic heterocycles. The van der Waals surface area contributed by atoms with E-state index in [0.717, 1.165) is 29.2 Å². The van der Waals surface area contributed by atoms with Crippen LogP contribution in [0.5, 0.6) is 5.75 Å². The van der Waals surface area contributed by atoms with Crippen molar-refractivity contribution in [3.05, 3.63) is 102 Å². The number of anilines is 3. The zero-order valence-corrected chi connectivity index (χ0v) is 27.6. The molecule has 48 heavy (non-hydrogen) atoms. The highest BCUT2D eigenvalue weighted by Crippen LogP contribution is 2.49. The van der Waals surface area contributed by atoms with Gasteiger partial charge in [-0.1, -0.05) is 30.3 Å². The standard InChI is InChI=1S/C37H42FN5O5/c1-5-32(41-27-11-12-29-25(19-27)13-16-40-34(29)39)35(44)43(3)22-26-20-28(21-31(38)33(26)47-18-8-17-46-4)42-36(45)48-23-37(14-15-37)30-10-7-6-9-24(30)2/h5-7,9-13,16,19-21,32,41H,1,8,14-15,17-18,22-23H2,2-4H3,(H2,39,40)(H,42,45)/t32-/m1/s1. The molecule has 0 unspecified atom stereocenters. The number of likely N-dealkylation sites (N-methyl/N-ethyl adjacent to an activating group) is 1. The number of aromatic nitrogens is 1. The van der Waals surface area contributed by atoms with Crippen LogP contribution in [-0.4, -0.2) is 61.9 Å². The number of nitrogens with zero attached hydrogens (tertiary/aromatic N) is 2. The van der Waals surface area contributed by atoms with Gasteiger partial charge >= 0.3 is 6.09 Å². The number of nitrogens with two attached hydrogens (primary N) is 1. The second-order valence-electron chi connectivity index (χ2n) is 12.1. The predicted molar refractivity (Wildman–Crippen MR) is 186 cm³/mol. The smallest absolute Gasteiger partial charge is 0.411 e. The molecule has 10 nitrogen and oxygen atoms in total. The zero-order chi connectivity index (χ0) is 34.3. The van der Waals surface area contributed by atoms with Crippen molar-refractivity contribution in [1.82, 2.24) is 9.88 Å². The third-order valence-corrected chi connectivity index (χ3v) is 8.56. The molecule has 0 spiro atoms. The molecule has 2 amide bonds. The molecule has 0 radical (unpaired) electrons. The SMILES string of the molecule is C=C[C@@H](Nc1ccc2c(N)nccc2c1)C(=O)N(C)Cc1cc(NC(=O)OCC2(c3ccccc3C)CC2)cc(F)c1OCCCOC. The monoisotopic (exact) mass is 655 g/mol. The van der Waals surface area contributed by atoms with E-state index >= 15 is 4.39 Å². The summed E-state index contributed by atoms with van der Waals surface area (Å²) in [7, 11) is 3.18. The van der Waals surface area contributed by atoms with Crippen LogP contribution in [0, 0.1) is 12.7 Å². The van der Waals surface area contributed by atoms with E-state index < -0.39 is 18.0 Å². The summed E-state index contributed by atoms with van der Waals surface area (Å²) < 4.78 is 32.1. The summed E-state index contributed by atoms with van der Waals surface area (Å²) in [4.78, 5) is 32.1. The molecule has 252 valence electrons. The van der Waals surface area contributed by atoms with Crippen molar-refractivity contribution in [3.8, 4) is 5.75 Å². The highest BCUT2D eigenvalue weighted by atomic mass is 19.1. The van der Waals surface area contributed by atoms with Gasteiger partial charge in [-0.3, -0.25) is 10.1 Å². The van der Waals surface area contributed by atoms with Gasteiger partial charge in [0.25, 0.3) is 0 Å². The lowest BCUT2D eigenvalue weighted by molar-refractivity contribution is -0.130. The number of nitrogens with one attached hydrogen (secondary N) is 2. The van der Waals surface area contributed by atoms with Crippen molar-refractivity contribution in [2.75, 3.05) is 50.3 Å². The Balaban J connectivity index is 1.29. The Hall–Kier alpha value is -5.16. The third kappa shape index (κ3) is 8.03. The number of rotatable bonds is 15. The number of amides is 2. The summed E-state index contributed by atoms with van der Waals surface area (Å²) >= 11 is 0. The fourth-order valence-electron chi connectivity index (χ4n) is 5.81. The van der Waals surface area contributed by atoms with Gasteiger partial charge in [-0.25, -0.2) is 14.2 Å². The first-order valence-electron chi connectivity index (χ1n) is 15.9. The summed E-state index contributed by atoms with van der Waals surface area (Å²) in [6.45, 7) is 6.74. The van der Waals surface area contributed by atoms with Crippen LogP contribution in [-0.2, 0) is 26.2 Å². The molecule has 1 heterocycles. The third-order valence-electron chi connectivity index (χ3n) is 8.56. The second-order valence-corrected chi connectivity index (χ2v) is 12.1. The van der Waals surface area contributed by atoms with Crippen molar-refractivity contribution in [2.45, 2.75) is 44.2 Å². The van der Waals surface area contributed by atoms with E-state index in [1.54, 1.807) is 26.4 Å². The van der Waals surface area contributed by atoms with Crippen molar-refractivity contribution in [3.63, 3.8) is 0 Å². The highest BCUT2D eigenvalue weighted by molar-refractivity contribution is 5.94. The fourth-order valence-corrected chi connectivity index (χ4v) is 5.81. The number of carbonyl (C=O) groups is 2. The van der Waals surface area contributed by atoms with Gasteiger partial charge < -0.3 is 30.2 Å². The first-order chi connectivity index (χ1) is 23.1. The lowest BCUT2D eigenvalue weighted by atomic mass is 9.93. The van der Waals surface area contributed by atoms with Gasteiger partial charge in [-0.05, 0) is 66.6 Å². The van der Waals surface area contributed by atoms with Crippen LogP contribution in [0.3, 0.4) is 0 Å². The minimum atomic E-state index is -0.790. The molecule has 1 fully saturated rings. The summed E-state index contributed by atoms with van der Waals surface area (Å²) in [5.74, 6) is -0.580. The number of nitrogen functional groups attached to an aromatic ring is 1. The van der Waals surface area contributed by atoms with Gasteiger partial charge in [0, 0.05) is 73.7 Å². The molecule has 0 bridgehead atoms. The second kappa shape index (κ2) is 15.2. The average Bonchev–Trinajstić information content (AvgIpc) is 3.86. The van der Waals surface area contributed by atoms with E-state index in [0.29, 0.717) is 30.1 Å². The van der Waals surface area contributed by atoms with Gasteiger partial charge in [0.2, 0.25) is 5.91 Å². The lowest BCUT2D eigenvalue weighted by Crippen LogP contribution is -2.39. The number of hydrogen-bond donors (Lipinski definition) is 3. The highest BCUT2D eigenvalue weighted by Gasteiger charge is 2.46. The van der Waals surface area contributed by atoms with E-state index in [9.17, 15) is 9.59 Å². The molecular formula is C37H42FN5O5. The van der Waals surface area contributed by atoms with E-state index in [1.165, 1.54) is 22.6 Å². The molecule has 4 aromatic rings. The Labute approximate surface area is 280 Å². The Kier molecular flexibility index (Phi) is 10.8. The maximum absolute atomic E-state index is 15.5. The normalized spacial score (nSPS) is 13.8. The average molecular weight is 656 g/mol. The maximum Gasteiger partial charge on any atom is 0.411 e. The summed E-state index contributed by atoms with van der Waals surface area (Å²) in [6, 6.07) is 17.4. The number of pyridine rings is 1. The van der Waals surface area contributed by atoms with Gasteiger partial charge in [0.05, 0.1) is 6.61 Å². The van der Waals surface area contributed by atoms with Crippen molar-refractivity contribution in [2.24, 2.45) is 0 Å². The van der Waals surface area contributed by atoms with Crippen LogP contribution in [0.1, 0.15) is 36.0 Å². The Morgan fingerprint density at radius 1 is 1.12 bits per heavy atom. The quantitative estimate of drug-likeness (QED) is 0.0968. The maximum atomic E-state index is 15.5. The van der Waals surface area contributed by atoms with E-state index in [1.807, 2.05) is 49.4 Å². The van der Waals surface area contributed by atoms with Crippen molar-refractivity contribution < 1.29 is 28.2 Å². The summed E-state index contributed by atoms with van der Waals surface area (Å²) in [5.41, 5.74) is 9.34. The number of ether oxygens (including phenoxy) is 3. The number of halogens is 1. The van der Waals surface area contributed by atoms with Gasteiger partial charge in [0.1, 0.15) is 18.5 Å². The number of fused-ring (bicyclic) bond motifs is 1. The van der Waals surface area contributed by atoms with E-state index in [-0.39, 0.29) is 42.5 Å². The Morgan fingerprint density at radius 3 is 2.65 bits per heavy atom. The Morgan fingerprint density at radius 2 is 1.92 bits per heavy atom. The van der Waals surface area contributed by atoms with Gasteiger partial charge in [-0.15, -0.1) is 6.58 Å². The van der Waals surface area contributed by atoms with E-state index in [2.05, 4.69) is 28.3 Å². The number of benzene rings is 3. The van der Waals surface area contributed by atoms with Crippen molar-refractivity contribution in [1.29, 1.82) is 0 Å². The van der Waals surface area contributed by atoms with Crippen LogP contribution >= 0.6 is 0 Å². The summed E-state index contributed by atoms with van der Waals surface area (Å²) in [5, 5.41) is 7.53.